The van der Waals surface area contributed by atoms with Crippen LogP contribution in [0.4, 0.5) is 0 Å². The van der Waals surface area contributed by atoms with Crippen molar-refractivity contribution in [3.05, 3.63) is 23.8 Å². The average Bonchev–Trinajstić information content (AvgIpc) is 2.88. The largest absolute Gasteiger partial charge is 0.493 e. The van der Waals surface area contributed by atoms with Gasteiger partial charge in [0.1, 0.15) is 11.5 Å². The molecule has 6 nitrogen and oxygen atoms in total. The van der Waals surface area contributed by atoms with Crippen molar-refractivity contribution in [3.8, 4) is 11.5 Å². The van der Waals surface area contributed by atoms with Crippen LogP contribution in [0.1, 0.15) is 123 Å². The first kappa shape index (κ1) is 32.8. The fraction of sp³-hybridized carbons (Fsp3) is 0.742. The Morgan fingerprint density at radius 3 is 1.51 bits per heavy atom. The van der Waals surface area contributed by atoms with E-state index in [1.165, 1.54) is 31.2 Å². The lowest BCUT2D eigenvalue weighted by molar-refractivity contribution is -0.122. The topological polar surface area (TPSA) is 76.7 Å². The Balaban J connectivity index is 2.25. The zero-order valence-corrected chi connectivity index (χ0v) is 24.0. The maximum Gasteiger partial charge on any atom is 0.219 e. The molecule has 0 aliphatic rings. The predicted molar refractivity (Wildman–Crippen MR) is 153 cm³/mol. The highest BCUT2D eigenvalue weighted by molar-refractivity contribution is 5.76. The minimum absolute atomic E-state index is 0.164. The number of nitrogens with one attached hydrogen (secondary N) is 2. The van der Waals surface area contributed by atoms with E-state index in [1.807, 2.05) is 6.07 Å². The van der Waals surface area contributed by atoms with Crippen molar-refractivity contribution < 1.29 is 19.1 Å². The van der Waals surface area contributed by atoms with Gasteiger partial charge in [0, 0.05) is 32.0 Å². The van der Waals surface area contributed by atoms with Gasteiger partial charge in [-0.2, -0.15) is 0 Å². The summed E-state index contributed by atoms with van der Waals surface area (Å²) in [5.41, 5.74) is 1.23. The van der Waals surface area contributed by atoms with E-state index in [0.717, 1.165) is 88.8 Å². The molecule has 0 unspecified atom stereocenters. The first-order chi connectivity index (χ1) is 18.1. The highest BCUT2D eigenvalue weighted by Crippen LogP contribution is 2.24. The van der Waals surface area contributed by atoms with Gasteiger partial charge in [-0.05, 0) is 75.5 Å². The highest BCUT2D eigenvalue weighted by atomic mass is 16.5. The standard InChI is InChI=1S/C31H54N2O4/c1-4-7-13-20-32-30(34)18-11-9-15-22-36-28-24-27(17-6-3)25-29(26-28)37-23-16-10-12-19-31(35)33-21-14-8-5-2/h24-26H,4-23H2,1-3H3,(H,32,34)(H,33,35). The second-order valence-corrected chi connectivity index (χ2v) is 10.00. The van der Waals surface area contributed by atoms with Crippen LogP contribution in [0, 0.1) is 0 Å². The first-order valence-electron chi connectivity index (χ1n) is 15.0. The van der Waals surface area contributed by atoms with E-state index in [0.29, 0.717) is 26.1 Å². The molecule has 0 atom stereocenters. The number of carbonyl (C=O) groups is 2. The molecule has 2 N–H and O–H groups in total. The molecule has 0 heterocycles. The van der Waals surface area contributed by atoms with Gasteiger partial charge in [-0.1, -0.05) is 52.9 Å². The number of rotatable bonds is 24. The minimum Gasteiger partial charge on any atom is -0.493 e. The minimum atomic E-state index is 0.164. The van der Waals surface area contributed by atoms with Crippen molar-refractivity contribution in [3.63, 3.8) is 0 Å². The molecule has 0 saturated heterocycles. The molecule has 0 aromatic heterocycles. The van der Waals surface area contributed by atoms with Gasteiger partial charge < -0.3 is 20.1 Å². The van der Waals surface area contributed by atoms with Gasteiger partial charge in [-0.25, -0.2) is 0 Å². The van der Waals surface area contributed by atoms with E-state index in [2.05, 4.69) is 43.5 Å². The van der Waals surface area contributed by atoms with Crippen LogP contribution in [-0.2, 0) is 16.0 Å². The van der Waals surface area contributed by atoms with Crippen molar-refractivity contribution in [2.75, 3.05) is 26.3 Å². The van der Waals surface area contributed by atoms with Gasteiger partial charge in [-0.3, -0.25) is 9.59 Å². The summed E-state index contributed by atoms with van der Waals surface area (Å²) in [5, 5.41) is 6.00. The third-order valence-corrected chi connectivity index (χ3v) is 6.32. The third kappa shape index (κ3) is 18.6. The Labute approximate surface area is 226 Å². The molecule has 0 bridgehead atoms. The molecule has 0 radical (unpaired) electrons. The molecular formula is C31H54N2O4. The monoisotopic (exact) mass is 518 g/mol. The maximum absolute atomic E-state index is 11.9. The second kappa shape index (κ2) is 22.9. The Kier molecular flexibility index (Phi) is 20.3. The van der Waals surface area contributed by atoms with Crippen LogP contribution in [0.25, 0.3) is 0 Å². The molecule has 1 aromatic carbocycles. The fourth-order valence-electron chi connectivity index (χ4n) is 4.12. The summed E-state index contributed by atoms with van der Waals surface area (Å²) in [4.78, 5) is 23.7. The molecule has 2 amide bonds. The summed E-state index contributed by atoms with van der Waals surface area (Å²) in [5.74, 6) is 2.04. The van der Waals surface area contributed by atoms with E-state index in [-0.39, 0.29) is 11.8 Å². The molecule has 0 spiro atoms. The van der Waals surface area contributed by atoms with Gasteiger partial charge in [0.25, 0.3) is 0 Å². The molecular weight excluding hydrogens is 464 g/mol. The number of hydrogen-bond acceptors (Lipinski definition) is 4. The number of unbranched alkanes of at least 4 members (excludes halogenated alkanes) is 8. The second-order valence-electron chi connectivity index (χ2n) is 10.00. The smallest absolute Gasteiger partial charge is 0.219 e. The third-order valence-electron chi connectivity index (χ3n) is 6.32. The fourth-order valence-corrected chi connectivity index (χ4v) is 4.12. The van der Waals surface area contributed by atoms with E-state index in [9.17, 15) is 9.59 Å². The Morgan fingerprint density at radius 2 is 1.08 bits per heavy atom. The number of hydrogen-bond donors (Lipinski definition) is 2. The Hall–Kier alpha value is -2.24. The van der Waals surface area contributed by atoms with Crippen LogP contribution in [0.5, 0.6) is 11.5 Å². The van der Waals surface area contributed by atoms with Gasteiger partial charge >= 0.3 is 0 Å². The quantitative estimate of drug-likeness (QED) is 0.143. The first-order valence-corrected chi connectivity index (χ1v) is 15.0. The lowest BCUT2D eigenvalue weighted by Gasteiger charge is -2.12. The summed E-state index contributed by atoms with van der Waals surface area (Å²) in [7, 11) is 0. The number of benzene rings is 1. The SMILES string of the molecule is CCCCCNC(=O)CCCCCOc1cc(CCC)cc(OCCCCCC(=O)NCCCCC)c1. The number of ether oxygens (including phenoxy) is 2. The normalized spacial score (nSPS) is 10.8. The highest BCUT2D eigenvalue weighted by Gasteiger charge is 2.05. The number of carbonyl (C=O) groups excluding carboxylic acids is 2. The van der Waals surface area contributed by atoms with Crippen molar-refractivity contribution in [2.45, 2.75) is 124 Å². The summed E-state index contributed by atoms with van der Waals surface area (Å²) < 4.78 is 12.1. The molecule has 0 fully saturated rings. The number of aryl methyl sites for hydroxylation is 1. The summed E-state index contributed by atoms with van der Waals surface area (Å²) in [6.45, 7) is 9.39. The Bertz CT molecular complexity index is 669. The summed E-state index contributed by atoms with van der Waals surface area (Å²) >= 11 is 0. The zero-order valence-electron chi connectivity index (χ0n) is 24.0. The summed E-state index contributed by atoms with van der Waals surface area (Å²) in [6.07, 6.45) is 15.7. The van der Waals surface area contributed by atoms with E-state index in [4.69, 9.17) is 9.47 Å². The van der Waals surface area contributed by atoms with Crippen molar-refractivity contribution in [1.82, 2.24) is 10.6 Å². The predicted octanol–water partition coefficient (Wildman–Crippen LogP) is 7.13. The van der Waals surface area contributed by atoms with Crippen LogP contribution >= 0.6 is 0 Å². The van der Waals surface area contributed by atoms with E-state index >= 15 is 0 Å². The van der Waals surface area contributed by atoms with E-state index < -0.39 is 0 Å². The lowest BCUT2D eigenvalue weighted by atomic mass is 10.1. The molecule has 0 aliphatic carbocycles. The zero-order chi connectivity index (χ0) is 27.0. The molecule has 0 saturated carbocycles. The lowest BCUT2D eigenvalue weighted by Crippen LogP contribution is -2.23. The molecule has 1 aromatic rings. The van der Waals surface area contributed by atoms with Crippen LogP contribution in [-0.4, -0.2) is 38.1 Å². The Morgan fingerprint density at radius 1 is 0.595 bits per heavy atom. The van der Waals surface area contributed by atoms with Crippen LogP contribution in [0.3, 0.4) is 0 Å². The van der Waals surface area contributed by atoms with Gasteiger partial charge in [0.2, 0.25) is 11.8 Å². The van der Waals surface area contributed by atoms with Crippen molar-refractivity contribution in [1.29, 1.82) is 0 Å². The van der Waals surface area contributed by atoms with Crippen LogP contribution in [0.15, 0.2) is 18.2 Å². The van der Waals surface area contributed by atoms with Crippen LogP contribution in [0.2, 0.25) is 0 Å². The maximum atomic E-state index is 11.9. The molecule has 1 rings (SSSR count). The molecule has 212 valence electrons. The van der Waals surface area contributed by atoms with Crippen molar-refractivity contribution in [2.24, 2.45) is 0 Å². The van der Waals surface area contributed by atoms with Gasteiger partial charge in [-0.15, -0.1) is 0 Å². The van der Waals surface area contributed by atoms with E-state index in [1.54, 1.807) is 0 Å². The van der Waals surface area contributed by atoms with Crippen LogP contribution < -0.4 is 20.1 Å². The van der Waals surface area contributed by atoms with Gasteiger partial charge in [0.15, 0.2) is 0 Å². The molecule has 6 heteroatoms. The number of amides is 2. The average molecular weight is 519 g/mol. The van der Waals surface area contributed by atoms with Crippen molar-refractivity contribution >= 4 is 11.8 Å². The van der Waals surface area contributed by atoms with Gasteiger partial charge in [0.05, 0.1) is 13.2 Å². The molecule has 0 aliphatic heterocycles. The summed E-state index contributed by atoms with van der Waals surface area (Å²) in [6, 6.07) is 6.20. The molecule has 37 heavy (non-hydrogen) atoms.